The zero-order chi connectivity index (χ0) is 22.5. The van der Waals surface area contributed by atoms with Crippen molar-refractivity contribution < 1.29 is 18.3 Å². The highest BCUT2D eigenvalue weighted by molar-refractivity contribution is 5.33. The summed E-state index contributed by atoms with van der Waals surface area (Å²) < 4.78 is 40.2. The van der Waals surface area contributed by atoms with Crippen LogP contribution >= 0.6 is 0 Å². The first-order chi connectivity index (χ1) is 15.6. The second kappa shape index (κ2) is 10.8. The van der Waals surface area contributed by atoms with Crippen LogP contribution in [0.25, 0.3) is 0 Å². The molecule has 2 aromatic rings. The summed E-state index contributed by atoms with van der Waals surface area (Å²) in [7, 11) is 0. The van der Waals surface area contributed by atoms with Crippen LogP contribution in [0.3, 0.4) is 0 Å². The van der Waals surface area contributed by atoms with Crippen molar-refractivity contribution in [2.75, 3.05) is 13.2 Å². The predicted molar refractivity (Wildman–Crippen MR) is 124 cm³/mol. The highest BCUT2D eigenvalue weighted by Crippen LogP contribution is 2.42. The number of aryl methyl sites for hydroxylation is 1. The maximum atomic E-state index is 14.6. The number of benzene rings is 2. The van der Waals surface area contributed by atoms with Gasteiger partial charge in [-0.15, -0.1) is 0 Å². The minimum absolute atomic E-state index is 0.0138. The molecule has 4 rings (SSSR count). The smallest absolute Gasteiger partial charge is 0.200 e. The second-order valence-corrected chi connectivity index (χ2v) is 9.46. The lowest BCUT2D eigenvalue weighted by atomic mass is 9.74. The first-order valence-corrected chi connectivity index (χ1v) is 12.4. The third kappa shape index (κ3) is 5.17. The molecule has 0 N–H and O–H groups in total. The summed E-state index contributed by atoms with van der Waals surface area (Å²) in [5.41, 5.74) is 3.32. The van der Waals surface area contributed by atoms with Crippen molar-refractivity contribution in [1.29, 1.82) is 0 Å². The Morgan fingerprint density at radius 1 is 0.844 bits per heavy atom. The maximum Gasteiger partial charge on any atom is 0.200 e. The molecule has 2 unspecified atom stereocenters. The fourth-order valence-corrected chi connectivity index (χ4v) is 5.59. The van der Waals surface area contributed by atoms with Gasteiger partial charge in [0.15, 0.2) is 11.6 Å². The molecule has 1 aliphatic carbocycles. The Kier molecular flexibility index (Phi) is 7.83. The molecule has 32 heavy (non-hydrogen) atoms. The number of ether oxygens (including phenoxy) is 2. The zero-order valence-corrected chi connectivity index (χ0v) is 19.4. The van der Waals surface area contributed by atoms with Gasteiger partial charge >= 0.3 is 0 Å². The van der Waals surface area contributed by atoms with Gasteiger partial charge in [0.25, 0.3) is 0 Å². The van der Waals surface area contributed by atoms with E-state index in [0.29, 0.717) is 30.6 Å². The zero-order valence-electron chi connectivity index (χ0n) is 19.4. The summed E-state index contributed by atoms with van der Waals surface area (Å²) in [6, 6.07) is 12.4. The van der Waals surface area contributed by atoms with Crippen LogP contribution in [0.1, 0.15) is 87.3 Å². The van der Waals surface area contributed by atoms with Gasteiger partial charge in [-0.3, -0.25) is 0 Å². The van der Waals surface area contributed by atoms with Crippen LogP contribution in [0.2, 0.25) is 0 Å². The molecule has 1 saturated heterocycles. The van der Waals surface area contributed by atoms with Gasteiger partial charge < -0.3 is 9.47 Å². The summed E-state index contributed by atoms with van der Waals surface area (Å²) in [6.07, 6.45) is 9.13. The molecular weight excluding hydrogens is 406 g/mol. The minimum Gasteiger partial charge on any atom is -0.491 e. The van der Waals surface area contributed by atoms with E-state index in [9.17, 15) is 8.78 Å². The molecule has 0 amide bonds. The Morgan fingerprint density at radius 2 is 1.56 bits per heavy atom. The largest absolute Gasteiger partial charge is 0.491 e. The van der Waals surface area contributed by atoms with Crippen LogP contribution in [0.4, 0.5) is 8.78 Å². The van der Waals surface area contributed by atoms with Crippen molar-refractivity contribution >= 4 is 0 Å². The molecule has 174 valence electrons. The van der Waals surface area contributed by atoms with E-state index in [-0.39, 0.29) is 17.8 Å². The van der Waals surface area contributed by atoms with Crippen LogP contribution in [0.15, 0.2) is 36.4 Å². The molecule has 4 heteroatoms. The van der Waals surface area contributed by atoms with Crippen LogP contribution in [-0.4, -0.2) is 19.3 Å². The van der Waals surface area contributed by atoms with Crippen molar-refractivity contribution in [3.8, 4) is 5.75 Å². The number of halogens is 2. The van der Waals surface area contributed by atoms with Crippen LogP contribution < -0.4 is 4.74 Å². The molecule has 1 saturated carbocycles. The van der Waals surface area contributed by atoms with E-state index in [1.54, 1.807) is 19.1 Å². The highest BCUT2D eigenvalue weighted by Gasteiger charge is 2.33. The summed E-state index contributed by atoms with van der Waals surface area (Å²) in [5, 5.41) is 0. The maximum absolute atomic E-state index is 14.6. The van der Waals surface area contributed by atoms with E-state index in [1.807, 2.05) is 0 Å². The Hall–Kier alpha value is -1.94. The van der Waals surface area contributed by atoms with E-state index in [2.05, 4.69) is 31.2 Å². The average molecular weight is 443 g/mol. The van der Waals surface area contributed by atoms with E-state index in [1.165, 1.54) is 43.2 Å². The molecule has 2 nitrogen and oxygen atoms in total. The van der Waals surface area contributed by atoms with E-state index < -0.39 is 11.6 Å². The van der Waals surface area contributed by atoms with Crippen molar-refractivity contribution in [3.63, 3.8) is 0 Å². The molecule has 1 aliphatic heterocycles. The highest BCUT2D eigenvalue weighted by atomic mass is 19.2. The second-order valence-electron chi connectivity index (χ2n) is 9.46. The van der Waals surface area contributed by atoms with E-state index in [4.69, 9.17) is 9.47 Å². The Bertz CT molecular complexity index is 864. The van der Waals surface area contributed by atoms with Crippen molar-refractivity contribution in [2.24, 2.45) is 5.92 Å². The first-order valence-electron chi connectivity index (χ1n) is 12.4. The fraction of sp³-hybridized carbons (Fsp3) is 0.571. The average Bonchev–Trinajstić information content (AvgIpc) is 2.83. The van der Waals surface area contributed by atoms with E-state index in [0.717, 1.165) is 19.3 Å². The quantitative estimate of drug-likeness (QED) is 0.441. The van der Waals surface area contributed by atoms with Gasteiger partial charge in [-0.2, -0.15) is 4.39 Å². The monoisotopic (exact) mass is 442 g/mol. The third-order valence-electron chi connectivity index (χ3n) is 7.41. The SMILES string of the molecule is CCCc1ccc(C2CCC(C3CCC(c4ccc(OCC)c(F)c4F)CO3)CC2)cc1. The van der Waals surface area contributed by atoms with Gasteiger partial charge in [0.1, 0.15) is 0 Å². The number of hydrogen-bond donors (Lipinski definition) is 0. The van der Waals surface area contributed by atoms with Gasteiger partial charge in [0.05, 0.1) is 19.3 Å². The standard InChI is InChI=1S/C28H36F2O2/c1-3-5-19-6-8-20(9-7-19)21-10-12-22(13-11-21)25-16-14-23(18-32-25)24-15-17-26(31-4-2)28(30)27(24)29/h6-9,15,17,21-23,25H,3-5,10-14,16,18H2,1-2H3. The lowest BCUT2D eigenvalue weighted by Gasteiger charge is -2.38. The molecule has 2 aliphatic rings. The summed E-state index contributed by atoms with van der Waals surface area (Å²) in [6.45, 7) is 4.76. The van der Waals surface area contributed by atoms with Crippen LogP contribution in [-0.2, 0) is 11.2 Å². The van der Waals surface area contributed by atoms with Crippen molar-refractivity contribution in [1.82, 2.24) is 0 Å². The Balaban J connectivity index is 1.29. The predicted octanol–water partition coefficient (Wildman–Crippen LogP) is 7.55. The summed E-state index contributed by atoms with van der Waals surface area (Å²) in [4.78, 5) is 0. The van der Waals surface area contributed by atoms with Crippen molar-refractivity contribution in [3.05, 3.63) is 64.7 Å². The number of rotatable bonds is 7. The van der Waals surface area contributed by atoms with Gasteiger partial charge in [-0.1, -0.05) is 43.7 Å². The lowest BCUT2D eigenvalue weighted by Crippen LogP contribution is -2.33. The van der Waals surface area contributed by atoms with Gasteiger partial charge in [-0.25, -0.2) is 4.39 Å². The lowest BCUT2D eigenvalue weighted by molar-refractivity contribution is -0.0416. The molecule has 0 bridgehead atoms. The molecule has 2 atom stereocenters. The fourth-order valence-electron chi connectivity index (χ4n) is 5.59. The van der Waals surface area contributed by atoms with Crippen molar-refractivity contribution in [2.45, 2.75) is 83.2 Å². The Morgan fingerprint density at radius 3 is 2.19 bits per heavy atom. The van der Waals surface area contributed by atoms with Crippen LogP contribution in [0, 0.1) is 17.6 Å². The van der Waals surface area contributed by atoms with Gasteiger partial charge in [0.2, 0.25) is 5.82 Å². The third-order valence-corrected chi connectivity index (χ3v) is 7.41. The normalized spacial score (nSPS) is 26.1. The summed E-state index contributed by atoms with van der Waals surface area (Å²) >= 11 is 0. The topological polar surface area (TPSA) is 18.5 Å². The molecular formula is C28H36F2O2. The van der Waals surface area contributed by atoms with Crippen LogP contribution in [0.5, 0.6) is 5.75 Å². The van der Waals surface area contributed by atoms with Gasteiger partial charge in [-0.05, 0) is 86.5 Å². The Labute approximate surface area is 191 Å². The van der Waals surface area contributed by atoms with E-state index >= 15 is 0 Å². The molecule has 0 spiro atoms. The minimum atomic E-state index is -0.882. The number of hydrogen-bond acceptors (Lipinski definition) is 2. The molecule has 1 heterocycles. The first kappa shape index (κ1) is 23.2. The molecule has 2 aromatic carbocycles. The molecule has 2 fully saturated rings. The summed E-state index contributed by atoms with van der Waals surface area (Å²) in [5.74, 6) is -0.539. The van der Waals surface area contributed by atoms with Gasteiger partial charge in [0, 0.05) is 5.92 Å². The molecule has 0 radical (unpaired) electrons. The molecule has 0 aromatic heterocycles.